The van der Waals surface area contributed by atoms with Crippen molar-refractivity contribution in [1.29, 1.82) is 0 Å². The van der Waals surface area contributed by atoms with Gasteiger partial charge in [-0.1, -0.05) is 55.5 Å². The third-order valence-electron chi connectivity index (χ3n) is 9.97. The predicted molar refractivity (Wildman–Crippen MR) is 185 cm³/mol. The van der Waals surface area contributed by atoms with E-state index >= 15 is 0 Å². The van der Waals surface area contributed by atoms with Crippen molar-refractivity contribution in [3.63, 3.8) is 0 Å². The normalized spacial score (nSPS) is 21.4. The highest BCUT2D eigenvalue weighted by Gasteiger charge is 2.39. The Bertz CT molecular complexity index is 1940. The molecule has 0 aliphatic carbocycles. The number of benzene rings is 4. The molecule has 3 heterocycles. The van der Waals surface area contributed by atoms with Crippen molar-refractivity contribution in [2.45, 2.75) is 51.5 Å². The molecule has 0 spiro atoms. The Morgan fingerprint density at radius 1 is 0.843 bits per heavy atom. The number of aliphatic hydroxyl groups is 1. The number of hydrogen-bond donors (Lipinski definition) is 2. The number of aliphatic hydroxyl groups excluding tert-OH is 1. The fraction of sp³-hybridized carbons (Fsp3) is 0.325. The molecule has 11 heteroatoms. The third-order valence-corrected chi connectivity index (χ3v) is 9.97. The number of carbonyl (C=O) groups is 3. The van der Waals surface area contributed by atoms with Gasteiger partial charge in [-0.25, -0.2) is 9.59 Å². The topological polar surface area (TPSA) is 133 Å². The molecule has 0 aromatic heterocycles. The lowest BCUT2D eigenvalue weighted by molar-refractivity contribution is -0.276. The fourth-order valence-corrected chi connectivity index (χ4v) is 6.98. The van der Waals surface area contributed by atoms with E-state index in [1.807, 2.05) is 48.5 Å². The lowest BCUT2D eigenvalue weighted by atomic mass is 9.89. The average molecular weight is 693 g/mol. The van der Waals surface area contributed by atoms with Crippen LogP contribution in [0.2, 0.25) is 0 Å². The summed E-state index contributed by atoms with van der Waals surface area (Å²) in [4.78, 5) is 39.0. The van der Waals surface area contributed by atoms with E-state index < -0.39 is 18.2 Å². The molecule has 4 aromatic carbocycles. The number of methoxy groups -OCH3 is 2. The fourth-order valence-electron chi connectivity index (χ4n) is 6.98. The average Bonchev–Trinajstić information content (AvgIpc) is 3.45. The zero-order valence-electron chi connectivity index (χ0n) is 28.7. The largest absolute Gasteiger partial charge is 0.493 e. The Morgan fingerprint density at radius 3 is 2.22 bits per heavy atom. The van der Waals surface area contributed by atoms with E-state index in [1.54, 1.807) is 14.2 Å². The van der Waals surface area contributed by atoms with Gasteiger partial charge in [0.25, 0.3) is 5.91 Å². The zero-order chi connectivity index (χ0) is 35.6. The summed E-state index contributed by atoms with van der Waals surface area (Å²) in [6.07, 6.45) is -0.138. The molecule has 264 valence electrons. The van der Waals surface area contributed by atoms with Gasteiger partial charge >= 0.3 is 11.9 Å². The van der Waals surface area contributed by atoms with Gasteiger partial charge in [0.2, 0.25) is 0 Å². The summed E-state index contributed by atoms with van der Waals surface area (Å²) >= 11 is 0. The summed E-state index contributed by atoms with van der Waals surface area (Å²) in [5.74, 6) is -0.352. The van der Waals surface area contributed by atoms with E-state index in [4.69, 9.17) is 18.9 Å². The number of fused-ring (bicyclic) bond motifs is 2. The molecule has 4 unspecified atom stereocenters. The number of ether oxygens (including phenoxy) is 5. The summed E-state index contributed by atoms with van der Waals surface area (Å²) in [7, 11) is 3.31. The lowest BCUT2D eigenvalue weighted by Gasteiger charge is -2.43. The van der Waals surface area contributed by atoms with E-state index in [0.29, 0.717) is 6.54 Å². The molecule has 11 nitrogen and oxygen atoms in total. The van der Waals surface area contributed by atoms with Crippen LogP contribution in [0, 0.1) is 5.92 Å². The van der Waals surface area contributed by atoms with Crippen LogP contribution in [0.3, 0.4) is 0 Å². The van der Waals surface area contributed by atoms with E-state index in [-0.39, 0.29) is 53.9 Å². The molecule has 0 radical (unpaired) electrons. The Hall–Kier alpha value is -5.07. The summed E-state index contributed by atoms with van der Waals surface area (Å²) in [5, 5.41) is 12.5. The molecule has 1 saturated heterocycles. The maximum atomic E-state index is 12.9. The van der Waals surface area contributed by atoms with Gasteiger partial charge in [0.1, 0.15) is 0 Å². The molecule has 0 bridgehead atoms. The number of esters is 2. The van der Waals surface area contributed by atoms with Crippen molar-refractivity contribution in [1.82, 2.24) is 10.2 Å². The monoisotopic (exact) mass is 692 g/mol. The first kappa shape index (κ1) is 34.4. The van der Waals surface area contributed by atoms with E-state index in [2.05, 4.69) is 34.0 Å². The molecule has 0 saturated carbocycles. The van der Waals surface area contributed by atoms with Crippen molar-refractivity contribution in [2.24, 2.45) is 5.92 Å². The van der Waals surface area contributed by atoms with Gasteiger partial charge in [-0.2, -0.15) is 0 Å². The molecular formula is C40H40N2O9. The maximum Gasteiger partial charge on any atom is 0.346 e. The highest BCUT2D eigenvalue weighted by Crippen LogP contribution is 2.42. The highest BCUT2D eigenvalue weighted by atomic mass is 16.7. The second kappa shape index (κ2) is 14.7. The van der Waals surface area contributed by atoms with Crippen LogP contribution in [0.15, 0.2) is 78.9 Å². The van der Waals surface area contributed by atoms with Crippen LogP contribution >= 0.6 is 0 Å². The summed E-state index contributed by atoms with van der Waals surface area (Å²) in [6.45, 7) is 4.73. The van der Waals surface area contributed by atoms with Gasteiger partial charge in [0.05, 0.1) is 44.2 Å². The minimum Gasteiger partial charge on any atom is -0.493 e. The van der Waals surface area contributed by atoms with Gasteiger partial charge in [-0.05, 0) is 64.6 Å². The van der Waals surface area contributed by atoms with Gasteiger partial charge in [-0.15, -0.1) is 0 Å². The smallest absolute Gasteiger partial charge is 0.346 e. The number of hydrogen-bond acceptors (Lipinski definition) is 10. The number of carbonyl (C=O) groups excluding carboxylic acids is 3. The van der Waals surface area contributed by atoms with Crippen LogP contribution in [-0.4, -0.2) is 61.3 Å². The van der Waals surface area contributed by atoms with Crippen molar-refractivity contribution >= 4 is 17.8 Å². The number of nitrogens with zero attached hydrogens (tertiary/aromatic N) is 1. The van der Waals surface area contributed by atoms with Crippen LogP contribution in [0.5, 0.6) is 11.5 Å². The van der Waals surface area contributed by atoms with Crippen LogP contribution in [0.4, 0.5) is 0 Å². The van der Waals surface area contributed by atoms with Crippen LogP contribution < -0.4 is 14.8 Å². The van der Waals surface area contributed by atoms with Gasteiger partial charge < -0.3 is 34.1 Å². The third kappa shape index (κ3) is 7.11. The highest BCUT2D eigenvalue weighted by molar-refractivity contribution is 6.15. The summed E-state index contributed by atoms with van der Waals surface area (Å²) < 4.78 is 29.1. The van der Waals surface area contributed by atoms with Crippen molar-refractivity contribution in [2.75, 3.05) is 27.3 Å². The van der Waals surface area contributed by atoms with Gasteiger partial charge in [0, 0.05) is 43.2 Å². The molecule has 51 heavy (non-hydrogen) atoms. The number of cyclic esters (lactones) is 2. The van der Waals surface area contributed by atoms with Crippen molar-refractivity contribution < 1.29 is 43.2 Å². The van der Waals surface area contributed by atoms with E-state index in [1.165, 1.54) is 29.3 Å². The number of rotatable bonds is 10. The van der Waals surface area contributed by atoms with Gasteiger partial charge in [0.15, 0.2) is 17.8 Å². The van der Waals surface area contributed by atoms with Crippen LogP contribution in [0.1, 0.15) is 83.8 Å². The van der Waals surface area contributed by atoms with Crippen LogP contribution in [-0.2, 0) is 40.3 Å². The molecule has 3 aliphatic rings. The molecule has 4 atom stereocenters. The number of nitrogens with one attached hydrogen (secondary N) is 1. The molecule has 7 rings (SSSR count). The second-order valence-corrected chi connectivity index (χ2v) is 13.1. The maximum absolute atomic E-state index is 12.9. The first-order valence-corrected chi connectivity index (χ1v) is 17.0. The van der Waals surface area contributed by atoms with Crippen LogP contribution in [0.25, 0.3) is 0 Å². The zero-order valence-corrected chi connectivity index (χ0v) is 28.7. The molecule has 2 N–H and O–H groups in total. The number of amides is 1. The SMILES string of the molecule is COc1cc2c(cc1OC)CN(CC1OC(c3ccc(CNC(=O)c4ccc5c(c4)C(=O)OC5=O)cc3)OC(c3ccc(CO)cc3)C1C)CC2. The Kier molecular flexibility index (Phi) is 9.88. The summed E-state index contributed by atoms with van der Waals surface area (Å²) in [5.41, 5.74) is 6.53. The van der Waals surface area contributed by atoms with Gasteiger partial charge in [-0.3, -0.25) is 9.69 Å². The Balaban J connectivity index is 1.06. The quantitative estimate of drug-likeness (QED) is 0.167. The first-order valence-electron chi connectivity index (χ1n) is 17.0. The van der Waals surface area contributed by atoms with E-state index in [9.17, 15) is 19.5 Å². The lowest BCUT2D eigenvalue weighted by Crippen LogP contribution is -2.45. The van der Waals surface area contributed by atoms with Crippen molar-refractivity contribution in [3.8, 4) is 11.5 Å². The predicted octanol–water partition coefficient (Wildman–Crippen LogP) is 5.29. The minimum atomic E-state index is -0.753. The molecule has 4 aromatic rings. The molecule has 1 amide bonds. The Labute approximate surface area is 296 Å². The molecular weight excluding hydrogens is 652 g/mol. The van der Waals surface area contributed by atoms with Crippen molar-refractivity contribution in [3.05, 3.63) is 129 Å². The molecule has 3 aliphatic heterocycles. The second-order valence-electron chi connectivity index (χ2n) is 13.1. The molecule has 1 fully saturated rings. The Morgan fingerprint density at radius 2 is 1.51 bits per heavy atom. The van der Waals surface area contributed by atoms with E-state index in [0.717, 1.165) is 53.3 Å². The first-order chi connectivity index (χ1) is 24.7. The standard InChI is InChI=1S/C40H40N2O9/c1-23-35(21-42-15-14-28-17-33(47-2)34(48-3)18-30(28)20-42)49-40(50-36(23)26-8-6-25(22-43)7-9-26)27-10-4-24(5-11-27)19-41-37(44)29-12-13-31-32(16-29)39(46)51-38(31)45/h4-13,16-18,23,35-36,40,43H,14-15,19-22H2,1-3H3,(H,41,44). The minimum absolute atomic E-state index is 0.0292. The summed E-state index contributed by atoms with van der Waals surface area (Å²) in [6, 6.07) is 24.0.